The number of benzene rings is 1. The van der Waals surface area contributed by atoms with Crippen molar-refractivity contribution in [2.24, 2.45) is 5.41 Å². The van der Waals surface area contributed by atoms with Crippen LogP contribution in [0.4, 0.5) is 24.1 Å². The van der Waals surface area contributed by atoms with Crippen molar-refractivity contribution in [2.75, 3.05) is 37.6 Å². The standard InChI is InChI=1S/C24H23F2N7O4/c25-24(26)14-31(11-23(24)12-32(13-23)22(36)37-10-15-4-2-1-3-5-15)18-8-17(30-33-7-6-27-19(18)33)16-9-28-21(35)29-20(16)34/h1-8,16H,9-14H2,(H2,28,29,34,35). The highest BCUT2D eigenvalue weighted by Crippen LogP contribution is 2.51. The number of nitrogens with one attached hydrogen (secondary N) is 2. The van der Waals surface area contributed by atoms with E-state index in [1.165, 1.54) is 20.5 Å². The van der Waals surface area contributed by atoms with Crippen molar-refractivity contribution in [1.82, 2.24) is 30.1 Å². The Morgan fingerprint density at radius 1 is 1.14 bits per heavy atom. The minimum absolute atomic E-state index is 0.0119. The normalized spacial score (nSPS) is 22.1. The van der Waals surface area contributed by atoms with Gasteiger partial charge in [-0.05, 0) is 11.6 Å². The van der Waals surface area contributed by atoms with E-state index < -0.39 is 41.8 Å². The highest BCUT2D eigenvalue weighted by molar-refractivity contribution is 6.00. The molecule has 3 fully saturated rings. The lowest BCUT2D eigenvalue weighted by molar-refractivity contribution is -0.148. The molecule has 13 heteroatoms. The Kier molecular flexibility index (Phi) is 5.24. The van der Waals surface area contributed by atoms with E-state index in [0.717, 1.165) is 5.56 Å². The Hall–Kier alpha value is -4.29. The van der Waals surface area contributed by atoms with Gasteiger partial charge in [0, 0.05) is 38.6 Å². The van der Waals surface area contributed by atoms with E-state index in [0.29, 0.717) is 17.0 Å². The highest BCUT2D eigenvalue weighted by Gasteiger charge is 2.67. The molecule has 0 radical (unpaired) electrons. The molecular weight excluding hydrogens is 488 g/mol. The monoisotopic (exact) mass is 511 g/mol. The summed E-state index contributed by atoms with van der Waals surface area (Å²) in [6.07, 6.45) is 2.44. The second-order valence-electron chi connectivity index (χ2n) is 9.64. The third-order valence-electron chi connectivity index (χ3n) is 7.19. The van der Waals surface area contributed by atoms with Gasteiger partial charge < -0.3 is 19.9 Å². The lowest BCUT2D eigenvalue weighted by Crippen LogP contribution is -2.65. The molecule has 1 aromatic carbocycles. The molecule has 192 valence electrons. The zero-order chi connectivity index (χ0) is 25.8. The van der Waals surface area contributed by atoms with Crippen molar-refractivity contribution in [3.05, 3.63) is 60.0 Å². The molecule has 3 aliphatic rings. The second-order valence-corrected chi connectivity index (χ2v) is 9.64. The number of nitrogens with zero attached hydrogens (tertiary/aromatic N) is 5. The third kappa shape index (κ3) is 3.90. The third-order valence-corrected chi connectivity index (χ3v) is 7.19. The number of hydrogen-bond donors (Lipinski definition) is 2. The minimum atomic E-state index is -3.08. The predicted molar refractivity (Wildman–Crippen MR) is 125 cm³/mol. The van der Waals surface area contributed by atoms with Gasteiger partial charge in [-0.1, -0.05) is 30.3 Å². The fourth-order valence-corrected chi connectivity index (χ4v) is 5.16. The van der Waals surface area contributed by atoms with Gasteiger partial charge in [0.2, 0.25) is 5.91 Å². The number of carbonyl (C=O) groups excluding carboxylic acids is 3. The fourth-order valence-electron chi connectivity index (χ4n) is 5.16. The number of rotatable bonds is 4. The lowest BCUT2D eigenvalue weighted by Gasteiger charge is -2.49. The van der Waals surface area contributed by atoms with Gasteiger partial charge in [-0.15, -0.1) is 0 Å². The Balaban J connectivity index is 1.20. The first-order valence-corrected chi connectivity index (χ1v) is 11.8. The molecule has 3 aromatic rings. The summed E-state index contributed by atoms with van der Waals surface area (Å²) in [4.78, 5) is 43.4. The van der Waals surface area contributed by atoms with Crippen LogP contribution < -0.4 is 15.5 Å². The van der Waals surface area contributed by atoms with E-state index in [1.807, 2.05) is 30.3 Å². The number of imide groups is 1. The molecule has 37 heavy (non-hydrogen) atoms. The van der Waals surface area contributed by atoms with E-state index >= 15 is 8.78 Å². The number of alkyl halides is 2. The molecule has 1 atom stereocenters. The summed E-state index contributed by atoms with van der Waals surface area (Å²) in [5, 5.41) is 9.17. The number of aromatic nitrogens is 3. The Morgan fingerprint density at radius 2 is 1.92 bits per heavy atom. The lowest BCUT2D eigenvalue weighted by atomic mass is 9.76. The van der Waals surface area contributed by atoms with Crippen LogP contribution in [0, 0.1) is 5.41 Å². The molecule has 3 aliphatic heterocycles. The van der Waals surface area contributed by atoms with Crippen LogP contribution in [0.15, 0.2) is 48.8 Å². The van der Waals surface area contributed by atoms with Crippen LogP contribution in [-0.4, -0.2) is 76.2 Å². The van der Waals surface area contributed by atoms with E-state index in [2.05, 4.69) is 20.7 Å². The first kappa shape index (κ1) is 23.1. The summed E-state index contributed by atoms with van der Waals surface area (Å²) >= 11 is 0. The molecule has 0 aliphatic carbocycles. The van der Waals surface area contributed by atoms with Gasteiger partial charge in [-0.3, -0.25) is 10.1 Å². The Bertz CT molecular complexity index is 1390. The molecule has 4 amide bonds. The molecule has 1 spiro atoms. The number of carbonyl (C=O) groups is 3. The van der Waals surface area contributed by atoms with Crippen LogP contribution in [0.2, 0.25) is 0 Å². The zero-order valence-corrected chi connectivity index (χ0v) is 19.6. The summed E-state index contributed by atoms with van der Waals surface area (Å²) < 4.78 is 37.5. The zero-order valence-electron chi connectivity index (χ0n) is 19.6. The maximum absolute atomic E-state index is 15.4. The molecule has 0 saturated carbocycles. The van der Waals surface area contributed by atoms with Crippen LogP contribution in [0.1, 0.15) is 17.2 Å². The van der Waals surface area contributed by atoms with Crippen LogP contribution in [0.3, 0.4) is 0 Å². The van der Waals surface area contributed by atoms with Crippen LogP contribution in [-0.2, 0) is 16.1 Å². The van der Waals surface area contributed by atoms with Gasteiger partial charge >= 0.3 is 12.1 Å². The van der Waals surface area contributed by atoms with Crippen molar-refractivity contribution in [1.29, 1.82) is 0 Å². The van der Waals surface area contributed by atoms with E-state index in [4.69, 9.17) is 4.74 Å². The van der Waals surface area contributed by atoms with Gasteiger partial charge in [0.05, 0.1) is 29.3 Å². The quantitative estimate of drug-likeness (QED) is 0.548. The van der Waals surface area contributed by atoms with Crippen LogP contribution in [0.25, 0.3) is 5.65 Å². The summed E-state index contributed by atoms with van der Waals surface area (Å²) in [5.74, 6) is -4.38. The summed E-state index contributed by atoms with van der Waals surface area (Å²) in [6.45, 7) is -0.745. The van der Waals surface area contributed by atoms with Crippen LogP contribution >= 0.6 is 0 Å². The largest absolute Gasteiger partial charge is 0.445 e. The minimum Gasteiger partial charge on any atom is -0.445 e. The number of halogens is 2. The smallest absolute Gasteiger partial charge is 0.410 e. The Labute approximate surface area is 209 Å². The van der Waals surface area contributed by atoms with Gasteiger partial charge in [0.25, 0.3) is 5.92 Å². The maximum Gasteiger partial charge on any atom is 0.410 e. The van der Waals surface area contributed by atoms with Gasteiger partial charge in [-0.25, -0.2) is 27.9 Å². The second kappa shape index (κ2) is 8.39. The maximum atomic E-state index is 15.4. The summed E-state index contributed by atoms with van der Waals surface area (Å²) in [6, 6.07) is 10.1. The molecule has 0 bridgehead atoms. The molecule has 2 N–H and O–H groups in total. The molecule has 5 heterocycles. The van der Waals surface area contributed by atoms with Crippen molar-refractivity contribution in [2.45, 2.75) is 18.4 Å². The summed E-state index contributed by atoms with van der Waals surface area (Å²) in [5.41, 5.74) is 0.479. The number of amides is 4. The fraction of sp³-hybridized carbons (Fsp3) is 0.375. The van der Waals surface area contributed by atoms with Crippen molar-refractivity contribution < 1.29 is 27.9 Å². The van der Waals surface area contributed by atoms with Crippen molar-refractivity contribution in [3.8, 4) is 0 Å². The number of imidazole rings is 1. The first-order valence-electron chi connectivity index (χ1n) is 11.8. The predicted octanol–water partition coefficient (Wildman–Crippen LogP) is 1.75. The van der Waals surface area contributed by atoms with Gasteiger partial charge in [-0.2, -0.15) is 5.10 Å². The van der Waals surface area contributed by atoms with E-state index in [-0.39, 0.29) is 32.8 Å². The molecule has 1 unspecified atom stereocenters. The Morgan fingerprint density at radius 3 is 2.68 bits per heavy atom. The van der Waals surface area contributed by atoms with Crippen molar-refractivity contribution in [3.63, 3.8) is 0 Å². The number of fused-ring (bicyclic) bond motifs is 1. The number of ether oxygens (including phenoxy) is 1. The van der Waals surface area contributed by atoms with Gasteiger partial charge in [0.15, 0.2) is 5.65 Å². The van der Waals surface area contributed by atoms with E-state index in [9.17, 15) is 14.4 Å². The average molecular weight is 511 g/mol. The molecular formula is C24H23F2N7O4. The molecule has 6 rings (SSSR count). The van der Waals surface area contributed by atoms with E-state index in [1.54, 1.807) is 12.3 Å². The molecule has 11 nitrogen and oxygen atoms in total. The number of urea groups is 1. The number of anilines is 1. The summed E-state index contributed by atoms with van der Waals surface area (Å²) in [7, 11) is 0. The number of likely N-dealkylation sites (tertiary alicyclic amines) is 1. The molecule has 2 aromatic heterocycles. The highest BCUT2D eigenvalue weighted by atomic mass is 19.3. The van der Waals surface area contributed by atoms with Gasteiger partial charge in [0.1, 0.15) is 6.61 Å². The average Bonchev–Trinajstić information content (AvgIpc) is 3.43. The molecule has 3 saturated heterocycles. The SMILES string of the molecule is O=C1NCC(c2cc(N3CC(F)(F)C4(CN(C(=O)OCc5ccccc5)C4)C3)c3nccn3n2)C(=O)N1. The van der Waals surface area contributed by atoms with Crippen molar-refractivity contribution >= 4 is 29.4 Å². The first-order chi connectivity index (χ1) is 17.7. The number of hydrogen-bond acceptors (Lipinski definition) is 7. The topological polar surface area (TPSA) is 121 Å². The van der Waals surface area contributed by atoms with Crippen LogP contribution in [0.5, 0.6) is 0 Å².